The summed E-state index contributed by atoms with van der Waals surface area (Å²) in [5, 5.41) is 8.96. The van der Waals surface area contributed by atoms with Crippen molar-refractivity contribution in [1.29, 1.82) is 0 Å². The minimum absolute atomic E-state index is 0.258. The fourth-order valence-electron chi connectivity index (χ4n) is 4.75. The molecular formula is C27H26N6O4S. The van der Waals surface area contributed by atoms with Crippen molar-refractivity contribution in [1.82, 2.24) is 25.6 Å². The Morgan fingerprint density at radius 3 is 2.68 bits per heavy atom. The van der Waals surface area contributed by atoms with Gasteiger partial charge in [-0.15, -0.1) is 0 Å². The lowest BCUT2D eigenvalue weighted by molar-refractivity contribution is -0.115. The van der Waals surface area contributed by atoms with Crippen molar-refractivity contribution in [3.63, 3.8) is 0 Å². The van der Waals surface area contributed by atoms with Gasteiger partial charge in [0.15, 0.2) is 11.5 Å². The fourth-order valence-corrected chi connectivity index (χ4v) is 5.41. The monoisotopic (exact) mass is 530 g/mol. The zero-order chi connectivity index (χ0) is 25.9. The molecule has 1 saturated carbocycles. The number of carbonyl (C=O) groups excluding carboxylic acids is 2. The summed E-state index contributed by atoms with van der Waals surface area (Å²) >= 11 is 0.877. The normalized spacial score (nSPS) is 21.5. The molecule has 2 aromatic heterocycles. The Kier molecular flexibility index (Phi) is 6.93. The summed E-state index contributed by atoms with van der Waals surface area (Å²) < 4.78 is 10.9. The van der Waals surface area contributed by atoms with E-state index < -0.39 is 5.91 Å². The van der Waals surface area contributed by atoms with Crippen LogP contribution in [0.2, 0.25) is 0 Å². The number of pyridine rings is 1. The number of benzene rings is 1. The van der Waals surface area contributed by atoms with Crippen LogP contribution in [-0.2, 0) is 11.3 Å². The van der Waals surface area contributed by atoms with Crippen molar-refractivity contribution in [2.75, 3.05) is 12.1 Å². The molecular weight excluding hydrogens is 504 g/mol. The largest absolute Gasteiger partial charge is 0.454 e. The number of amides is 2. The summed E-state index contributed by atoms with van der Waals surface area (Å²) in [4.78, 5) is 37.2. The van der Waals surface area contributed by atoms with Gasteiger partial charge in [-0.25, -0.2) is 9.97 Å². The first kappa shape index (κ1) is 24.4. The average molecular weight is 531 g/mol. The van der Waals surface area contributed by atoms with Crippen molar-refractivity contribution >= 4 is 34.9 Å². The molecule has 2 amide bonds. The van der Waals surface area contributed by atoms with Gasteiger partial charge in [0.05, 0.1) is 22.0 Å². The topological polar surface area (TPSA) is 127 Å². The minimum Gasteiger partial charge on any atom is -0.454 e. The number of ether oxygens (including phenoxy) is 2. The number of rotatable bonds is 7. The number of fused-ring (bicyclic) bond motifs is 1. The quantitative estimate of drug-likeness (QED) is 0.384. The molecule has 0 spiro atoms. The van der Waals surface area contributed by atoms with Crippen molar-refractivity contribution in [3.05, 3.63) is 65.0 Å². The minimum atomic E-state index is -0.395. The first-order chi connectivity index (χ1) is 18.6. The zero-order valence-corrected chi connectivity index (χ0v) is 21.3. The highest BCUT2D eigenvalue weighted by molar-refractivity contribution is 8.18. The van der Waals surface area contributed by atoms with E-state index >= 15 is 0 Å². The lowest BCUT2D eigenvalue weighted by atomic mass is 9.91. The Bertz CT molecular complexity index is 1410. The molecule has 1 aliphatic carbocycles. The lowest BCUT2D eigenvalue weighted by Gasteiger charge is -2.29. The SMILES string of the molecule is O=C1NC(=O)/C(=C\c2ccnc(NC3CCC(NCc4cccc(-c5ccc6c(c5)OCO6)n4)CC3)n2)S1. The number of nitrogens with zero attached hydrogens (tertiary/aromatic N) is 3. The van der Waals surface area contributed by atoms with E-state index in [1.54, 1.807) is 18.3 Å². The average Bonchev–Trinajstić information content (AvgIpc) is 3.53. The van der Waals surface area contributed by atoms with Gasteiger partial charge in [0.2, 0.25) is 12.7 Å². The van der Waals surface area contributed by atoms with Crippen LogP contribution >= 0.6 is 11.8 Å². The van der Waals surface area contributed by atoms with Gasteiger partial charge in [0, 0.05) is 30.4 Å². The molecule has 3 aliphatic rings. The van der Waals surface area contributed by atoms with Crippen LogP contribution in [0.3, 0.4) is 0 Å². The maximum Gasteiger partial charge on any atom is 0.290 e. The summed E-state index contributed by atoms with van der Waals surface area (Å²) in [6.45, 7) is 0.961. The van der Waals surface area contributed by atoms with Gasteiger partial charge in [-0.1, -0.05) is 6.07 Å². The van der Waals surface area contributed by atoms with Gasteiger partial charge < -0.3 is 20.1 Å². The second-order valence-corrected chi connectivity index (χ2v) is 10.3. The molecule has 2 aliphatic heterocycles. The first-order valence-electron chi connectivity index (χ1n) is 12.5. The molecule has 10 nitrogen and oxygen atoms in total. The van der Waals surface area contributed by atoms with E-state index in [0.29, 0.717) is 29.1 Å². The lowest BCUT2D eigenvalue weighted by Crippen LogP contribution is -2.37. The van der Waals surface area contributed by atoms with Crippen LogP contribution in [0.15, 0.2) is 53.6 Å². The number of hydrogen-bond acceptors (Lipinski definition) is 10. The van der Waals surface area contributed by atoms with Gasteiger partial charge in [-0.05, 0) is 79.9 Å². The van der Waals surface area contributed by atoms with Crippen molar-refractivity contribution in [2.45, 2.75) is 44.3 Å². The molecule has 38 heavy (non-hydrogen) atoms. The predicted octanol–water partition coefficient (Wildman–Crippen LogP) is 4.10. The van der Waals surface area contributed by atoms with E-state index in [1.807, 2.05) is 36.4 Å². The Hall–Kier alpha value is -3.96. The molecule has 1 saturated heterocycles. The molecule has 11 heteroatoms. The van der Waals surface area contributed by atoms with E-state index in [-0.39, 0.29) is 18.1 Å². The summed E-state index contributed by atoms with van der Waals surface area (Å²) in [5.74, 6) is 1.65. The van der Waals surface area contributed by atoms with E-state index in [1.165, 1.54) is 0 Å². The number of aromatic nitrogens is 3. The van der Waals surface area contributed by atoms with Gasteiger partial charge in [-0.2, -0.15) is 0 Å². The maximum absolute atomic E-state index is 11.8. The summed E-state index contributed by atoms with van der Waals surface area (Å²) in [6.07, 6.45) is 7.30. The van der Waals surface area contributed by atoms with E-state index in [2.05, 4.69) is 25.9 Å². The number of hydrogen-bond donors (Lipinski definition) is 3. The van der Waals surface area contributed by atoms with Crippen LogP contribution < -0.4 is 25.4 Å². The number of thioether (sulfide) groups is 1. The Labute approximate surface area is 223 Å². The van der Waals surface area contributed by atoms with Crippen LogP contribution in [0.25, 0.3) is 17.3 Å². The molecule has 0 bridgehead atoms. The number of anilines is 1. The zero-order valence-electron chi connectivity index (χ0n) is 20.5. The van der Waals surface area contributed by atoms with Gasteiger partial charge >= 0.3 is 0 Å². The first-order valence-corrected chi connectivity index (χ1v) is 13.3. The fraction of sp³-hybridized carbons (Fsp3) is 0.296. The predicted molar refractivity (Wildman–Crippen MR) is 143 cm³/mol. The van der Waals surface area contributed by atoms with Crippen molar-refractivity contribution in [3.8, 4) is 22.8 Å². The third-order valence-corrected chi connectivity index (χ3v) is 7.52. The third-order valence-electron chi connectivity index (χ3n) is 6.71. The third kappa shape index (κ3) is 5.63. The Morgan fingerprint density at radius 2 is 1.84 bits per heavy atom. The second kappa shape index (κ2) is 10.8. The van der Waals surface area contributed by atoms with Crippen LogP contribution in [-0.4, -0.2) is 45.0 Å². The molecule has 4 heterocycles. The molecule has 0 radical (unpaired) electrons. The van der Waals surface area contributed by atoms with E-state index in [9.17, 15) is 9.59 Å². The summed E-state index contributed by atoms with van der Waals surface area (Å²) in [7, 11) is 0. The number of nitrogens with one attached hydrogen (secondary N) is 3. The van der Waals surface area contributed by atoms with Crippen molar-refractivity contribution in [2.24, 2.45) is 0 Å². The standard InChI is InChI=1S/C27H26N6O4S/c34-25-24(38-27(35)33-25)13-19-10-11-28-26(32-19)31-18-7-5-17(6-8-18)29-14-20-2-1-3-21(30-20)16-4-9-22-23(12-16)37-15-36-22/h1-4,9-13,17-18,29H,5-8,14-15H2,(H,28,31,32)(H,33,34,35)/b24-13+. The van der Waals surface area contributed by atoms with Crippen LogP contribution in [0, 0.1) is 0 Å². The molecule has 6 rings (SSSR count). The highest BCUT2D eigenvalue weighted by atomic mass is 32.2. The van der Waals surface area contributed by atoms with Gasteiger partial charge in [-0.3, -0.25) is 19.9 Å². The van der Waals surface area contributed by atoms with E-state index in [0.717, 1.165) is 65.9 Å². The van der Waals surface area contributed by atoms with Crippen LogP contribution in [0.4, 0.5) is 10.7 Å². The highest BCUT2D eigenvalue weighted by Gasteiger charge is 2.25. The number of imide groups is 1. The molecule has 3 aromatic rings. The van der Waals surface area contributed by atoms with Crippen molar-refractivity contribution < 1.29 is 19.1 Å². The smallest absolute Gasteiger partial charge is 0.290 e. The molecule has 1 aromatic carbocycles. The molecule has 3 N–H and O–H groups in total. The Morgan fingerprint density at radius 1 is 1.00 bits per heavy atom. The molecule has 0 unspecified atom stereocenters. The maximum atomic E-state index is 11.8. The highest BCUT2D eigenvalue weighted by Crippen LogP contribution is 2.35. The molecule has 194 valence electrons. The summed E-state index contributed by atoms with van der Waals surface area (Å²) in [5.41, 5.74) is 3.49. The molecule has 2 fully saturated rings. The second-order valence-electron chi connectivity index (χ2n) is 9.31. The van der Waals surface area contributed by atoms with Crippen LogP contribution in [0.1, 0.15) is 37.1 Å². The van der Waals surface area contributed by atoms with E-state index in [4.69, 9.17) is 14.5 Å². The van der Waals surface area contributed by atoms with Gasteiger partial charge in [0.25, 0.3) is 11.1 Å². The van der Waals surface area contributed by atoms with Gasteiger partial charge in [0.1, 0.15) is 0 Å². The molecule has 0 atom stereocenters. The summed E-state index contributed by atoms with van der Waals surface area (Å²) in [6, 6.07) is 14.4. The Balaban J connectivity index is 1.00. The van der Waals surface area contributed by atoms with Crippen LogP contribution in [0.5, 0.6) is 11.5 Å². The number of carbonyl (C=O) groups is 2.